The second-order valence-electron chi connectivity index (χ2n) is 6.92. The lowest BCUT2D eigenvalue weighted by molar-refractivity contribution is 0.0706. The monoisotopic (exact) mass is 374 g/mol. The molecule has 1 saturated heterocycles. The van der Waals surface area contributed by atoms with E-state index >= 15 is 0 Å². The molecule has 0 N–H and O–H groups in total. The number of ether oxygens (including phenoxy) is 1. The molecule has 1 atom stereocenters. The fourth-order valence-corrected chi connectivity index (χ4v) is 3.62. The summed E-state index contributed by atoms with van der Waals surface area (Å²) in [6.45, 7) is 1.47. The van der Waals surface area contributed by atoms with Crippen molar-refractivity contribution in [3.8, 4) is 16.9 Å². The maximum Gasteiger partial charge on any atom is 0.253 e. The number of aromatic nitrogens is 3. The number of nitrogens with zero attached hydrogens (tertiary/aromatic N) is 4. The van der Waals surface area contributed by atoms with Crippen LogP contribution in [0.3, 0.4) is 0 Å². The lowest BCUT2D eigenvalue weighted by Crippen LogP contribution is -2.39. The molecule has 2 aromatic heterocycles. The largest absolute Gasteiger partial charge is 0.495 e. The molecule has 1 unspecified atom stereocenters. The Bertz CT molecular complexity index is 944. The molecule has 142 valence electrons. The van der Waals surface area contributed by atoms with Gasteiger partial charge in [-0.15, -0.1) is 0 Å². The maximum atomic E-state index is 13.0. The van der Waals surface area contributed by atoms with Gasteiger partial charge in [-0.2, -0.15) is 0 Å². The molecule has 6 heteroatoms. The first-order valence-corrected chi connectivity index (χ1v) is 9.39. The molecule has 0 bridgehead atoms. The van der Waals surface area contributed by atoms with Crippen molar-refractivity contribution in [3.63, 3.8) is 0 Å². The average Bonchev–Trinajstić information content (AvgIpc) is 2.79. The number of carbonyl (C=O) groups is 1. The van der Waals surface area contributed by atoms with Crippen LogP contribution in [0.1, 0.15) is 34.8 Å². The van der Waals surface area contributed by atoms with Gasteiger partial charge in [-0.05, 0) is 42.7 Å². The fraction of sp³-hybridized carbons (Fsp3) is 0.273. The van der Waals surface area contributed by atoms with Gasteiger partial charge < -0.3 is 9.64 Å². The minimum Gasteiger partial charge on any atom is -0.495 e. The van der Waals surface area contributed by atoms with Crippen LogP contribution in [0.2, 0.25) is 0 Å². The predicted octanol–water partition coefficient (Wildman–Crippen LogP) is 3.57. The van der Waals surface area contributed by atoms with Crippen LogP contribution in [0.15, 0.2) is 61.3 Å². The van der Waals surface area contributed by atoms with Crippen molar-refractivity contribution in [3.05, 3.63) is 72.6 Å². The average molecular weight is 374 g/mol. The van der Waals surface area contributed by atoms with Crippen LogP contribution in [0.25, 0.3) is 11.1 Å². The van der Waals surface area contributed by atoms with E-state index in [4.69, 9.17) is 4.74 Å². The van der Waals surface area contributed by atoms with Crippen LogP contribution >= 0.6 is 0 Å². The molecule has 1 aliphatic heterocycles. The van der Waals surface area contributed by atoms with Gasteiger partial charge in [0.25, 0.3) is 5.91 Å². The van der Waals surface area contributed by atoms with E-state index in [0.717, 1.165) is 36.2 Å². The molecule has 28 heavy (non-hydrogen) atoms. The van der Waals surface area contributed by atoms with Gasteiger partial charge in [0.05, 0.1) is 13.3 Å². The van der Waals surface area contributed by atoms with Gasteiger partial charge in [-0.3, -0.25) is 9.78 Å². The number of hydrogen-bond donors (Lipinski definition) is 0. The number of methoxy groups -OCH3 is 1. The molecule has 0 saturated carbocycles. The van der Waals surface area contributed by atoms with Gasteiger partial charge in [0.2, 0.25) is 0 Å². The van der Waals surface area contributed by atoms with Gasteiger partial charge in [0, 0.05) is 48.2 Å². The summed E-state index contributed by atoms with van der Waals surface area (Å²) in [6, 6.07) is 11.5. The Labute approximate surface area is 164 Å². The first-order valence-electron chi connectivity index (χ1n) is 9.39. The van der Waals surface area contributed by atoms with Crippen molar-refractivity contribution in [1.82, 2.24) is 19.9 Å². The minimum atomic E-state index is 0.0640. The van der Waals surface area contributed by atoms with Gasteiger partial charge >= 0.3 is 0 Å². The van der Waals surface area contributed by atoms with E-state index in [2.05, 4.69) is 15.0 Å². The highest BCUT2D eigenvalue weighted by Crippen LogP contribution is 2.27. The Morgan fingerprint density at radius 3 is 2.71 bits per heavy atom. The second-order valence-corrected chi connectivity index (χ2v) is 6.92. The van der Waals surface area contributed by atoms with E-state index in [-0.39, 0.29) is 11.8 Å². The van der Waals surface area contributed by atoms with Crippen LogP contribution in [0.4, 0.5) is 0 Å². The number of benzene rings is 1. The molecule has 6 nitrogen and oxygen atoms in total. The Kier molecular flexibility index (Phi) is 5.28. The van der Waals surface area contributed by atoms with E-state index in [1.807, 2.05) is 41.3 Å². The highest BCUT2D eigenvalue weighted by Gasteiger charge is 2.26. The summed E-state index contributed by atoms with van der Waals surface area (Å²) in [5.41, 5.74) is 3.66. The molecule has 1 fully saturated rings. The van der Waals surface area contributed by atoms with E-state index in [9.17, 15) is 4.79 Å². The lowest BCUT2D eigenvalue weighted by Gasteiger charge is -2.32. The number of hydrogen-bond acceptors (Lipinski definition) is 5. The number of likely N-dealkylation sites (tertiary alicyclic amines) is 1. The molecule has 0 aliphatic carbocycles. The molecule has 1 amide bonds. The van der Waals surface area contributed by atoms with Crippen LogP contribution < -0.4 is 4.74 Å². The Morgan fingerprint density at radius 2 is 1.96 bits per heavy atom. The van der Waals surface area contributed by atoms with E-state index in [1.54, 1.807) is 32.0 Å². The summed E-state index contributed by atoms with van der Waals surface area (Å²) in [6.07, 6.45) is 8.82. The number of rotatable bonds is 4. The molecular formula is C22H22N4O2. The number of amides is 1. The normalized spacial score (nSPS) is 16.6. The van der Waals surface area contributed by atoms with Crippen LogP contribution in [0.5, 0.6) is 5.75 Å². The summed E-state index contributed by atoms with van der Waals surface area (Å²) in [7, 11) is 1.62. The zero-order chi connectivity index (χ0) is 19.3. The van der Waals surface area contributed by atoms with Crippen LogP contribution in [-0.2, 0) is 0 Å². The Hall–Kier alpha value is -3.28. The van der Waals surface area contributed by atoms with E-state index in [0.29, 0.717) is 17.9 Å². The number of pyridine rings is 1. The van der Waals surface area contributed by atoms with E-state index < -0.39 is 0 Å². The standard InChI is InChI=1S/C22H22N4O2/c1-28-20-11-19(12-24-13-20)16-4-6-17(7-5-16)22(27)26-10-2-3-18(14-26)21-8-9-23-15-25-21/h4-9,11-13,15,18H,2-3,10,14H2,1H3. The first kappa shape index (κ1) is 18.1. The zero-order valence-corrected chi connectivity index (χ0v) is 15.8. The number of piperidine rings is 1. The van der Waals surface area contributed by atoms with Crippen molar-refractivity contribution in [2.45, 2.75) is 18.8 Å². The zero-order valence-electron chi connectivity index (χ0n) is 15.8. The minimum absolute atomic E-state index is 0.0640. The Morgan fingerprint density at radius 1 is 1.11 bits per heavy atom. The highest BCUT2D eigenvalue weighted by atomic mass is 16.5. The van der Waals surface area contributed by atoms with Crippen molar-refractivity contribution in [1.29, 1.82) is 0 Å². The summed E-state index contributed by atoms with van der Waals surface area (Å²) >= 11 is 0. The smallest absolute Gasteiger partial charge is 0.253 e. The second kappa shape index (κ2) is 8.17. The van der Waals surface area contributed by atoms with Crippen molar-refractivity contribution >= 4 is 5.91 Å². The van der Waals surface area contributed by atoms with Gasteiger partial charge in [-0.1, -0.05) is 12.1 Å². The third-order valence-electron chi connectivity index (χ3n) is 5.15. The number of carbonyl (C=O) groups excluding carboxylic acids is 1. The molecule has 1 aromatic carbocycles. The van der Waals surface area contributed by atoms with Gasteiger partial charge in [0.1, 0.15) is 12.1 Å². The molecule has 0 radical (unpaired) electrons. The molecule has 4 rings (SSSR count). The highest BCUT2D eigenvalue weighted by molar-refractivity contribution is 5.94. The third kappa shape index (κ3) is 3.86. The maximum absolute atomic E-state index is 13.0. The van der Waals surface area contributed by atoms with Crippen molar-refractivity contribution < 1.29 is 9.53 Å². The van der Waals surface area contributed by atoms with Crippen molar-refractivity contribution in [2.75, 3.05) is 20.2 Å². The van der Waals surface area contributed by atoms with Crippen LogP contribution in [0, 0.1) is 0 Å². The quantitative estimate of drug-likeness (QED) is 0.698. The fourth-order valence-electron chi connectivity index (χ4n) is 3.62. The van der Waals surface area contributed by atoms with Crippen molar-refractivity contribution in [2.24, 2.45) is 0 Å². The predicted molar refractivity (Wildman–Crippen MR) is 106 cm³/mol. The topological polar surface area (TPSA) is 68.2 Å². The summed E-state index contributed by atoms with van der Waals surface area (Å²) < 4.78 is 5.23. The molecule has 3 heterocycles. The van der Waals surface area contributed by atoms with Gasteiger partial charge in [-0.25, -0.2) is 9.97 Å². The summed E-state index contributed by atoms with van der Waals surface area (Å²) in [5.74, 6) is 1.04. The summed E-state index contributed by atoms with van der Waals surface area (Å²) in [5, 5.41) is 0. The SMILES string of the molecule is COc1cncc(-c2ccc(C(=O)N3CCCC(c4ccncn4)C3)cc2)c1. The summed E-state index contributed by atoms with van der Waals surface area (Å²) in [4.78, 5) is 27.4. The molecule has 1 aliphatic rings. The van der Waals surface area contributed by atoms with Gasteiger partial charge in [0.15, 0.2) is 0 Å². The molecular weight excluding hydrogens is 352 g/mol. The van der Waals surface area contributed by atoms with E-state index in [1.165, 1.54) is 0 Å². The third-order valence-corrected chi connectivity index (χ3v) is 5.15. The van der Waals surface area contributed by atoms with Crippen LogP contribution in [-0.4, -0.2) is 46.0 Å². The molecule has 0 spiro atoms. The molecule has 3 aromatic rings. The first-order chi connectivity index (χ1) is 13.7. The lowest BCUT2D eigenvalue weighted by atomic mass is 9.94. The Balaban J connectivity index is 1.48.